The molecule has 0 saturated heterocycles. The van der Waals surface area contributed by atoms with Gasteiger partial charge in [-0.1, -0.05) is 0 Å². The van der Waals surface area contributed by atoms with Crippen molar-refractivity contribution in [2.45, 2.75) is 31.6 Å². The van der Waals surface area contributed by atoms with Crippen LogP contribution in [-0.4, -0.2) is 50.3 Å². The minimum absolute atomic E-state index is 0.210. The third kappa shape index (κ3) is 6.95. The van der Waals surface area contributed by atoms with E-state index in [1.807, 2.05) is 11.8 Å². The summed E-state index contributed by atoms with van der Waals surface area (Å²) >= 11 is 1.84. The van der Waals surface area contributed by atoms with Crippen LogP contribution in [0.4, 0.5) is 0 Å². The quantitative estimate of drug-likeness (QED) is 0.549. The fourth-order valence-corrected chi connectivity index (χ4v) is 1.30. The summed E-state index contributed by atoms with van der Waals surface area (Å²) < 4.78 is 5.28. The number of thioether (sulfide) groups is 1. The maximum Gasteiger partial charge on any atom is 0.191 e. The first-order valence-corrected chi connectivity index (χ1v) is 6.69. The summed E-state index contributed by atoms with van der Waals surface area (Å²) in [5.41, 5.74) is 0. The maximum atomic E-state index is 5.07. The van der Waals surface area contributed by atoms with Gasteiger partial charge in [0.25, 0.3) is 0 Å². The first-order valence-electron chi connectivity index (χ1n) is 5.46. The Kier molecular flexibility index (Phi) is 7.58. The highest BCUT2D eigenvalue weighted by molar-refractivity contribution is 7.99. The van der Waals surface area contributed by atoms with Crippen LogP contribution in [0.2, 0.25) is 0 Å². The van der Waals surface area contributed by atoms with Crippen LogP contribution in [-0.2, 0) is 4.74 Å². The summed E-state index contributed by atoms with van der Waals surface area (Å²) in [6.45, 7) is 8.03. The molecule has 0 bridgehead atoms. The molecule has 16 heavy (non-hydrogen) atoms. The second kappa shape index (κ2) is 7.79. The summed E-state index contributed by atoms with van der Waals surface area (Å²) in [6, 6.07) is 0.258. The van der Waals surface area contributed by atoms with Gasteiger partial charge < -0.3 is 15.4 Å². The molecule has 0 radical (unpaired) electrons. The number of guanidine groups is 1. The largest absolute Gasteiger partial charge is 0.383 e. The molecule has 0 heterocycles. The SMILES string of the molecule is CN=C(NCC(C)(C)SC)NC(C)COC. The minimum atomic E-state index is 0.210. The van der Waals surface area contributed by atoms with E-state index >= 15 is 0 Å². The molecule has 0 aliphatic rings. The van der Waals surface area contributed by atoms with Crippen LogP contribution in [0.25, 0.3) is 0 Å². The molecule has 0 aliphatic heterocycles. The van der Waals surface area contributed by atoms with Crippen molar-refractivity contribution in [3.8, 4) is 0 Å². The molecule has 0 aromatic carbocycles. The van der Waals surface area contributed by atoms with Crippen LogP contribution in [0.3, 0.4) is 0 Å². The van der Waals surface area contributed by atoms with Crippen LogP contribution in [0, 0.1) is 0 Å². The molecule has 2 N–H and O–H groups in total. The van der Waals surface area contributed by atoms with Crippen LogP contribution < -0.4 is 10.6 Å². The number of methoxy groups -OCH3 is 1. The molecule has 4 nitrogen and oxygen atoms in total. The number of nitrogens with zero attached hydrogens (tertiary/aromatic N) is 1. The van der Waals surface area contributed by atoms with Crippen molar-refractivity contribution in [3.63, 3.8) is 0 Å². The smallest absolute Gasteiger partial charge is 0.191 e. The molecule has 0 spiro atoms. The van der Waals surface area contributed by atoms with Gasteiger partial charge in [-0.3, -0.25) is 4.99 Å². The fraction of sp³-hybridized carbons (Fsp3) is 0.909. The summed E-state index contributed by atoms with van der Waals surface area (Å²) in [6.07, 6.45) is 2.12. The van der Waals surface area contributed by atoms with Gasteiger partial charge in [0.15, 0.2) is 5.96 Å². The molecule has 0 rings (SSSR count). The standard InChI is InChI=1S/C11H25N3OS/c1-9(7-15-5)14-10(12-4)13-8-11(2,3)16-6/h9H,7-8H2,1-6H3,(H2,12,13,14). The van der Waals surface area contributed by atoms with Gasteiger partial charge in [0.05, 0.1) is 6.61 Å². The molecule has 96 valence electrons. The van der Waals surface area contributed by atoms with Crippen molar-refractivity contribution >= 4 is 17.7 Å². The number of rotatable bonds is 6. The van der Waals surface area contributed by atoms with Gasteiger partial charge in [-0.15, -0.1) is 0 Å². The molecule has 0 aliphatic carbocycles. The van der Waals surface area contributed by atoms with Gasteiger partial charge in [0.1, 0.15) is 0 Å². The van der Waals surface area contributed by atoms with E-state index in [2.05, 4.69) is 42.7 Å². The molecule has 1 unspecified atom stereocenters. The van der Waals surface area contributed by atoms with Crippen LogP contribution in [0.1, 0.15) is 20.8 Å². The van der Waals surface area contributed by atoms with Gasteiger partial charge in [-0.2, -0.15) is 11.8 Å². The Bertz CT molecular complexity index is 219. The Morgan fingerprint density at radius 2 is 2.12 bits per heavy atom. The lowest BCUT2D eigenvalue weighted by Crippen LogP contribution is -2.47. The number of hydrogen-bond donors (Lipinski definition) is 2. The Labute approximate surface area is 104 Å². The van der Waals surface area contributed by atoms with E-state index < -0.39 is 0 Å². The Morgan fingerprint density at radius 3 is 2.56 bits per heavy atom. The first kappa shape index (κ1) is 15.6. The molecule has 5 heteroatoms. The zero-order valence-corrected chi connectivity index (χ0v) is 12.1. The number of nitrogens with one attached hydrogen (secondary N) is 2. The van der Waals surface area contributed by atoms with Crippen LogP contribution in [0.15, 0.2) is 4.99 Å². The highest BCUT2D eigenvalue weighted by Gasteiger charge is 2.16. The Balaban J connectivity index is 4.03. The molecule has 0 aromatic rings. The maximum absolute atomic E-state index is 5.07. The van der Waals surface area contributed by atoms with E-state index in [9.17, 15) is 0 Å². The van der Waals surface area contributed by atoms with Crippen molar-refractivity contribution < 1.29 is 4.74 Å². The predicted octanol–water partition coefficient (Wildman–Crippen LogP) is 1.33. The van der Waals surface area contributed by atoms with Crippen LogP contribution in [0.5, 0.6) is 0 Å². The van der Waals surface area contributed by atoms with E-state index in [0.29, 0.717) is 6.61 Å². The first-order chi connectivity index (χ1) is 7.45. The van der Waals surface area contributed by atoms with E-state index in [-0.39, 0.29) is 10.8 Å². The average molecular weight is 247 g/mol. The molecular formula is C11H25N3OS. The van der Waals surface area contributed by atoms with Crippen molar-refractivity contribution in [2.75, 3.05) is 33.6 Å². The third-order valence-corrected chi connectivity index (χ3v) is 3.51. The highest BCUT2D eigenvalue weighted by Crippen LogP contribution is 2.19. The van der Waals surface area contributed by atoms with E-state index in [4.69, 9.17) is 4.74 Å². The van der Waals surface area contributed by atoms with Crippen molar-refractivity contribution in [1.29, 1.82) is 0 Å². The van der Waals surface area contributed by atoms with Gasteiger partial charge in [-0.05, 0) is 27.0 Å². The van der Waals surface area contributed by atoms with Gasteiger partial charge in [0.2, 0.25) is 0 Å². The summed E-state index contributed by atoms with van der Waals surface area (Å²) in [5, 5.41) is 6.58. The second-order valence-electron chi connectivity index (χ2n) is 4.39. The summed E-state index contributed by atoms with van der Waals surface area (Å²) in [5.74, 6) is 0.826. The third-order valence-electron chi connectivity index (χ3n) is 2.26. The van der Waals surface area contributed by atoms with Crippen LogP contribution >= 0.6 is 11.8 Å². The van der Waals surface area contributed by atoms with Crippen molar-refractivity contribution in [3.05, 3.63) is 0 Å². The zero-order valence-electron chi connectivity index (χ0n) is 11.3. The molecule has 1 atom stereocenters. The molecule has 0 aromatic heterocycles. The van der Waals surface area contributed by atoms with E-state index in [1.165, 1.54) is 0 Å². The normalized spacial score (nSPS) is 14.8. The lowest BCUT2D eigenvalue weighted by Gasteiger charge is -2.25. The lowest BCUT2D eigenvalue weighted by molar-refractivity contribution is 0.179. The number of ether oxygens (including phenoxy) is 1. The van der Waals surface area contributed by atoms with E-state index in [0.717, 1.165) is 12.5 Å². The minimum Gasteiger partial charge on any atom is -0.383 e. The van der Waals surface area contributed by atoms with Gasteiger partial charge in [-0.25, -0.2) is 0 Å². The number of aliphatic imine (C=N–C) groups is 1. The molecule has 0 amide bonds. The van der Waals surface area contributed by atoms with Crippen molar-refractivity contribution in [2.24, 2.45) is 4.99 Å². The van der Waals surface area contributed by atoms with Crippen molar-refractivity contribution in [1.82, 2.24) is 10.6 Å². The zero-order chi connectivity index (χ0) is 12.6. The molecule has 0 fully saturated rings. The Morgan fingerprint density at radius 1 is 1.50 bits per heavy atom. The van der Waals surface area contributed by atoms with Gasteiger partial charge in [0, 0.05) is 31.5 Å². The highest BCUT2D eigenvalue weighted by atomic mass is 32.2. The fourth-order valence-electron chi connectivity index (χ4n) is 1.09. The average Bonchev–Trinajstić information content (AvgIpc) is 2.24. The predicted molar refractivity (Wildman–Crippen MR) is 73.4 cm³/mol. The lowest BCUT2D eigenvalue weighted by atomic mass is 10.2. The van der Waals surface area contributed by atoms with Gasteiger partial charge >= 0.3 is 0 Å². The molecule has 0 saturated carbocycles. The Hall–Kier alpha value is -0.420. The molecular weight excluding hydrogens is 222 g/mol. The second-order valence-corrected chi connectivity index (χ2v) is 5.90. The topological polar surface area (TPSA) is 45.7 Å². The number of hydrogen-bond acceptors (Lipinski definition) is 3. The summed E-state index contributed by atoms with van der Waals surface area (Å²) in [4.78, 5) is 4.18. The monoisotopic (exact) mass is 247 g/mol. The summed E-state index contributed by atoms with van der Waals surface area (Å²) in [7, 11) is 3.48. The van der Waals surface area contributed by atoms with E-state index in [1.54, 1.807) is 14.2 Å².